The molecule has 0 saturated carbocycles. The Bertz CT molecular complexity index is 569. The first kappa shape index (κ1) is 16.5. The predicted octanol–water partition coefficient (Wildman–Crippen LogP) is 0.552. The Balaban J connectivity index is 2.87. The number of benzene rings is 1. The van der Waals surface area contributed by atoms with Crippen LogP contribution in [0, 0.1) is 17.5 Å². The van der Waals surface area contributed by atoms with Crippen LogP contribution in [0.4, 0.5) is 13.2 Å². The maximum absolute atomic E-state index is 13.0. The van der Waals surface area contributed by atoms with Gasteiger partial charge in [-0.25, -0.2) is 18.0 Å². The molecule has 0 aromatic heterocycles. The molecule has 9 heteroatoms. The Morgan fingerprint density at radius 2 is 1.71 bits per heavy atom. The summed E-state index contributed by atoms with van der Waals surface area (Å²) in [6.45, 7) is 0. The van der Waals surface area contributed by atoms with E-state index in [1.807, 2.05) is 5.32 Å². The second-order valence-electron chi connectivity index (χ2n) is 4.12. The van der Waals surface area contributed by atoms with Gasteiger partial charge in [0.2, 0.25) is 5.91 Å². The van der Waals surface area contributed by atoms with Crippen LogP contribution in [-0.2, 0) is 9.59 Å². The van der Waals surface area contributed by atoms with Crippen molar-refractivity contribution in [3.05, 3.63) is 35.1 Å². The van der Waals surface area contributed by atoms with Gasteiger partial charge in [-0.05, 0) is 18.6 Å². The number of carboxylic acid groups (broad SMARTS) is 1. The van der Waals surface area contributed by atoms with Crippen molar-refractivity contribution < 1.29 is 32.7 Å². The predicted molar refractivity (Wildman–Crippen MR) is 63.6 cm³/mol. The molecule has 2 amide bonds. The number of hydrogen-bond donors (Lipinski definition) is 3. The highest BCUT2D eigenvalue weighted by Crippen LogP contribution is 2.14. The number of rotatable bonds is 6. The number of carboxylic acids is 1. The minimum Gasteiger partial charge on any atom is -0.480 e. The van der Waals surface area contributed by atoms with Crippen molar-refractivity contribution in [2.24, 2.45) is 5.73 Å². The van der Waals surface area contributed by atoms with Crippen LogP contribution in [0.1, 0.15) is 23.2 Å². The Hall–Kier alpha value is -2.58. The molecule has 6 nitrogen and oxygen atoms in total. The van der Waals surface area contributed by atoms with Crippen LogP contribution in [0.15, 0.2) is 12.1 Å². The average Bonchev–Trinajstić information content (AvgIpc) is 2.39. The van der Waals surface area contributed by atoms with Gasteiger partial charge in [0.05, 0.1) is 0 Å². The maximum Gasteiger partial charge on any atom is 0.326 e. The molecule has 0 aliphatic carbocycles. The molecule has 0 unspecified atom stereocenters. The molecule has 1 aromatic carbocycles. The fourth-order valence-electron chi connectivity index (χ4n) is 1.47. The highest BCUT2D eigenvalue weighted by Gasteiger charge is 2.22. The fourth-order valence-corrected chi connectivity index (χ4v) is 1.47. The number of aliphatic carboxylic acids is 1. The first-order valence-electron chi connectivity index (χ1n) is 5.69. The SMILES string of the molecule is NC(=O)CC[C@H](NC(=O)c1cc(F)c(F)c(F)c1)C(=O)O. The smallest absolute Gasteiger partial charge is 0.326 e. The minimum absolute atomic E-state index is 0.289. The Kier molecular flexibility index (Phi) is 5.28. The van der Waals surface area contributed by atoms with E-state index in [0.717, 1.165) is 0 Å². The van der Waals surface area contributed by atoms with Gasteiger partial charge in [0, 0.05) is 12.0 Å². The van der Waals surface area contributed by atoms with Crippen LogP contribution in [0.25, 0.3) is 0 Å². The summed E-state index contributed by atoms with van der Waals surface area (Å²) in [5.41, 5.74) is 4.27. The molecular weight excluding hydrogens is 293 g/mol. The number of hydrogen-bond acceptors (Lipinski definition) is 3. The summed E-state index contributed by atoms with van der Waals surface area (Å²) >= 11 is 0. The third kappa shape index (κ3) is 4.48. The third-order valence-corrected chi connectivity index (χ3v) is 2.53. The number of carbonyl (C=O) groups is 3. The fraction of sp³-hybridized carbons (Fsp3) is 0.250. The van der Waals surface area contributed by atoms with E-state index >= 15 is 0 Å². The number of primary amides is 1. The van der Waals surface area contributed by atoms with Gasteiger partial charge in [-0.3, -0.25) is 9.59 Å². The van der Waals surface area contributed by atoms with Gasteiger partial charge in [0.1, 0.15) is 6.04 Å². The molecule has 114 valence electrons. The number of halogens is 3. The van der Waals surface area contributed by atoms with E-state index in [9.17, 15) is 27.6 Å². The van der Waals surface area contributed by atoms with Crippen LogP contribution >= 0.6 is 0 Å². The monoisotopic (exact) mass is 304 g/mol. The lowest BCUT2D eigenvalue weighted by atomic mass is 10.1. The maximum atomic E-state index is 13.0. The summed E-state index contributed by atoms with van der Waals surface area (Å²) in [7, 11) is 0. The van der Waals surface area contributed by atoms with Crippen molar-refractivity contribution in [3.8, 4) is 0 Å². The van der Waals surface area contributed by atoms with Gasteiger partial charge in [0.15, 0.2) is 17.5 Å². The van der Waals surface area contributed by atoms with Crippen molar-refractivity contribution >= 4 is 17.8 Å². The summed E-state index contributed by atoms with van der Waals surface area (Å²) in [6.07, 6.45) is -0.591. The molecule has 0 aliphatic heterocycles. The zero-order chi connectivity index (χ0) is 16.2. The van der Waals surface area contributed by atoms with E-state index in [0.29, 0.717) is 12.1 Å². The Labute approximate surface area is 116 Å². The van der Waals surface area contributed by atoms with Gasteiger partial charge >= 0.3 is 5.97 Å². The van der Waals surface area contributed by atoms with Crippen molar-refractivity contribution in [1.82, 2.24) is 5.32 Å². The standard InChI is InChI=1S/C12H11F3N2O4/c13-6-3-5(4-7(14)10(6)15)11(19)17-8(12(20)21)1-2-9(16)18/h3-4,8H,1-2H2,(H2,16,18)(H,17,19)(H,20,21)/t8-/m0/s1. The van der Waals surface area contributed by atoms with E-state index in [1.54, 1.807) is 0 Å². The number of amides is 2. The van der Waals surface area contributed by atoms with Gasteiger partial charge < -0.3 is 16.2 Å². The number of nitrogens with one attached hydrogen (secondary N) is 1. The van der Waals surface area contributed by atoms with E-state index in [2.05, 4.69) is 0 Å². The average molecular weight is 304 g/mol. The molecule has 21 heavy (non-hydrogen) atoms. The van der Waals surface area contributed by atoms with Crippen molar-refractivity contribution in [2.75, 3.05) is 0 Å². The van der Waals surface area contributed by atoms with Crippen molar-refractivity contribution in [2.45, 2.75) is 18.9 Å². The topological polar surface area (TPSA) is 109 Å². The third-order valence-electron chi connectivity index (χ3n) is 2.53. The quantitative estimate of drug-likeness (QED) is 0.667. The zero-order valence-electron chi connectivity index (χ0n) is 10.5. The molecule has 0 radical (unpaired) electrons. The molecule has 0 bridgehead atoms. The molecule has 0 aliphatic rings. The molecule has 0 saturated heterocycles. The van der Waals surface area contributed by atoms with Crippen LogP contribution < -0.4 is 11.1 Å². The zero-order valence-corrected chi connectivity index (χ0v) is 10.5. The van der Waals surface area contributed by atoms with Gasteiger partial charge in [-0.15, -0.1) is 0 Å². The highest BCUT2D eigenvalue weighted by molar-refractivity contribution is 5.96. The summed E-state index contributed by atoms with van der Waals surface area (Å²) in [6, 6.07) is -0.609. The Morgan fingerprint density at radius 3 is 2.14 bits per heavy atom. The Morgan fingerprint density at radius 1 is 1.19 bits per heavy atom. The lowest BCUT2D eigenvalue weighted by molar-refractivity contribution is -0.139. The number of carbonyl (C=O) groups excluding carboxylic acids is 2. The second-order valence-corrected chi connectivity index (χ2v) is 4.12. The lowest BCUT2D eigenvalue weighted by Crippen LogP contribution is -2.41. The first-order chi connectivity index (χ1) is 9.72. The second kappa shape index (κ2) is 6.73. The molecule has 0 spiro atoms. The summed E-state index contributed by atoms with van der Waals surface area (Å²) in [5, 5.41) is 10.8. The summed E-state index contributed by atoms with van der Waals surface area (Å²) in [4.78, 5) is 33.2. The molecule has 1 aromatic rings. The van der Waals surface area contributed by atoms with Crippen LogP contribution in [0.2, 0.25) is 0 Å². The minimum atomic E-state index is -1.74. The summed E-state index contributed by atoms with van der Waals surface area (Å²) in [5.74, 6) is -8.24. The van der Waals surface area contributed by atoms with E-state index < -0.39 is 46.8 Å². The van der Waals surface area contributed by atoms with Gasteiger partial charge in [-0.1, -0.05) is 0 Å². The lowest BCUT2D eigenvalue weighted by Gasteiger charge is -2.13. The molecule has 0 fully saturated rings. The van der Waals surface area contributed by atoms with Gasteiger partial charge in [0.25, 0.3) is 5.91 Å². The highest BCUT2D eigenvalue weighted by atomic mass is 19.2. The van der Waals surface area contributed by atoms with Crippen LogP contribution in [-0.4, -0.2) is 28.9 Å². The van der Waals surface area contributed by atoms with Crippen LogP contribution in [0.3, 0.4) is 0 Å². The normalized spacial score (nSPS) is 11.8. The number of nitrogens with two attached hydrogens (primary N) is 1. The first-order valence-corrected chi connectivity index (χ1v) is 5.69. The largest absolute Gasteiger partial charge is 0.480 e. The van der Waals surface area contributed by atoms with E-state index in [1.165, 1.54) is 0 Å². The molecular formula is C12H11F3N2O4. The van der Waals surface area contributed by atoms with Crippen LogP contribution in [0.5, 0.6) is 0 Å². The van der Waals surface area contributed by atoms with E-state index in [-0.39, 0.29) is 12.8 Å². The molecule has 1 atom stereocenters. The van der Waals surface area contributed by atoms with E-state index in [4.69, 9.17) is 10.8 Å². The van der Waals surface area contributed by atoms with Gasteiger partial charge in [-0.2, -0.15) is 0 Å². The van der Waals surface area contributed by atoms with Crippen molar-refractivity contribution in [3.63, 3.8) is 0 Å². The molecule has 1 rings (SSSR count). The molecule has 4 N–H and O–H groups in total. The molecule has 0 heterocycles. The van der Waals surface area contributed by atoms with Crippen molar-refractivity contribution in [1.29, 1.82) is 0 Å². The summed E-state index contributed by atoms with van der Waals surface area (Å²) < 4.78 is 38.7.